The fourth-order valence-electron chi connectivity index (χ4n) is 1.87. The molecule has 4 nitrogen and oxygen atoms in total. The van der Waals surface area contributed by atoms with Gasteiger partial charge in [0.1, 0.15) is 0 Å². The Hall–Kier alpha value is -2.14. The summed E-state index contributed by atoms with van der Waals surface area (Å²) in [5.74, 6) is -1.39. The first-order valence-corrected chi connectivity index (χ1v) is 7.36. The van der Waals surface area contributed by atoms with E-state index >= 15 is 0 Å². The summed E-state index contributed by atoms with van der Waals surface area (Å²) in [5.41, 5.74) is 2.20. The van der Waals surface area contributed by atoms with E-state index in [0.717, 1.165) is 16.5 Å². The van der Waals surface area contributed by atoms with Crippen molar-refractivity contribution in [3.8, 4) is 0 Å². The minimum absolute atomic E-state index is 0.557. The molecule has 0 bridgehead atoms. The number of rotatable bonds is 3. The third-order valence-corrected chi connectivity index (χ3v) is 3.67. The van der Waals surface area contributed by atoms with Gasteiger partial charge in [-0.05, 0) is 46.1 Å². The molecule has 2 amide bonds. The summed E-state index contributed by atoms with van der Waals surface area (Å²) in [6.45, 7) is 1.99. The number of benzene rings is 2. The Morgan fingerprint density at radius 2 is 1.43 bits per heavy atom. The van der Waals surface area contributed by atoms with Gasteiger partial charge in [-0.3, -0.25) is 9.59 Å². The first-order valence-electron chi connectivity index (χ1n) is 6.56. The lowest BCUT2D eigenvalue weighted by Crippen LogP contribution is -2.29. The zero-order valence-electron chi connectivity index (χ0n) is 11.5. The number of nitrogens with one attached hydrogen (secondary N) is 2. The van der Waals surface area contributed by atoms with Crippen molar-refractivity contribution in [2.24, 2.45) is 0 Å². The van der Waals surface area contributed by atoms with E-state index in [4.69, 9.17) is 0 Å². The van der Waals surface area contributed by atoms with Crippen molar-refractivity contribution < 1.29 is 9.59 Å². The van der Waals surface area contributed by atoms with Crippen LogP contribution in [0.3, 0.4) is 0 Å². The monoisotopic (exact) mass is 346 g/mol. The van der Waals surface area contributed by atoms with Crippen LogP contribution in [0.4, 0.5) is 11.4 Å². The van der Waals surface area contributed by atoms with Crippen LogP contribution in [0.15, 0.2) is 53.0 Å². The van der Waals surface area contributed by atoms with Crippen molar-refractivity contribution in [3.05, 3.63) is 58.6 Å². The Bertz CT molecular complexity index is 671. The second-order valence-electron chi connectivity index (χ2n) is 4.40. The number of aryl methyl sites for hydroxylation is 1. The van der Waals surface area contributed by atoms with Gasteiger partial charge in [0, 0.05) is 10.2 Å². The van der Waals surface area contributed by atoms with Crippen molar-refractivity contribution in [1.82, 2.24) is 0 Å². The molecule has 2 rings (SSSR count). The molecule has 0 saturated carbocycles. The van der Waals surface area contributed by atoms with E-state index < -0.39 is 11.8 Å². The molecule has 0 aromatic heterocycles. The van der Waals surface area contributed by atoms with Crippen molar-refractivity contribution in [1.29, 1.82) is 0 Å². The Morgan fingerprint density at radius 1 is 0.905 bits per heavy atom. The number of hydrogen-bond acceptors (Lipinski definition) is 2. The molecule has 0 radical (unpaired) electrons. The van der Waals surface area contributed by atoms with Crippen LogP contribution in [-0.2, 0) is 16.0 Å². The maximum atomic E-state index is 12.0. The van der Waals surface area contributed by atoms with Gasteiger partial charge >= 0.3 is 11.8 Å². The first kappa shape index (κ1) is 15.3. The van der Waals surface area contributed by atoms with Gasteiger partial charge in [0.2, 0.25) is 0 Å². The van der Waals surface area contributed by atoms with Crippen LogP contribution in [0, 0.1) is 0 Å². The first-order chi connectivity index (χ1) is 10.1. The third-order valence-electron chi connectivity index (χ3n) is 2.97. The lowest BCUT2D eigenvalue weighted by Gasteiger charge is -2.10. The average molecular weight is 347 g/mol. The summed E-state index contributed by atoms with van der Waals surface area (Å²) >= 11 is 3.32. The van der Waals surface area contributed by atoms with Crippen molar-refractivity contribution >= 4 is 39.1 Å². The average Bonchev–Trinajstić information content (AvgIpc) is 2.50. The van der Waals surface area contributed by atoms with E-state index in [-0.39, 0.29) is 0 Å². The van der Waals surface area contributed by atoms with Gasteiger partial charge in [0.05, 0.1) is 5.69 Å². The normalized spacial score (nSPS) is 10.0. The number of amides is 2. The Balaban J connectivity index is 2.07. The summed E-state index contributed by atoms with van der Waals surface area (Å²) in [6, 6.07) is 14.5. The van der Waals surface area contributed by atoms with Gasteiger partial charge in [-0.15, -0.1) is 0 Å². The lowest BCUT2D eigenvalue weighted by molar-refractivity contribution is -0.133. The summed E-state index contributed by atoms with van der Waals surface area (Å²) in [4.78, 5) is 23.9. The van der Waals surface area contributed by atoms with Crippen LogP contribution >= 0.6 is 15.9 Å². The zero-order chi connectivity index (χ0) is 15.2. The zero-order valence-corrected chi connectivity index (χ0v) is 13.1. The topological polar surface area (TPSA) is 58.2 Å². The van der Waals surface area contributed by atoms with Crippen LogP contribution in [0.5, 0.6) is 0 Å². The predicted molar refractivity (Wildman–Crippen MR) is 87.2 cm³/mol. The van der Waals surface area contributed by atoms with Gasteiger partial charge in [-0.1, -0.05) is 37.3 Å². The molecule has 0 heterocycles. The number of carbonyl (C=O) groups excluding carboxylic acids is 2. The van der Waals surface area contributed by atoms with Crippen LogP contribution in [0.1, 0.15) is 12.5 Å². The Morgan fingerprint density at radius 3 is 2.05 bits per heavy atom. The number of hydrogen-bond donors (Lipinski definition) is 2. The molecule has 0 unspecified atom stereocenters. The molecule has 0 aliphatic heterocycles. The quantitative estimate of drug-likeness (QED) is 0.834. The molecule has 0 atom stereocenters. The van der Waals surface area contributed by atoms with E-state index in [2.05, 4.69) is 26.6 Å². The largest absolute Gasteiger partial charge is 0.318 e. The molecule has 0 fully saturated rings. The molecular weight excluding hydrogens is 332 g/mol. The third kappa shape index (κ3) is 3.92. The summed E-state index contributed by atoms with van der Waals surface area (Å²) in [7, 11) is 0. The number of para-hydroxylation sites is 2. The van der Waals surface area contributed by atoms with Gasteiger partial charge in [0.25, 0.3) is 0 Å². The van der Waals surface area contributed by atoms with Crippen LogP contribution in [0.2, 0.25) is 0 Å². The summed E-state index contributed by atoms with van der Waals surface area (Å²) < 4.78 is 0.722. The highest BCUT2D eigenvalue weighted by Crippen LogP contribution is 2.21. The van der Waals surface area contributed by atoms with Crippen LogP contribution in [0.25, 0.3) is 0 Å². The maximum Gasteiger partial charge on any atom is 0.314 e. The van der Waals surface area contributed by atoms with E-state index in [1.165, 1.54) is 0 Å². The fraction of sp³-hybridized carbons (Fsp3) is 0.125. The van der Waals surface area contributed by atoms with E-state index in [0.29, 0.717) is 11.4 Å². The molecule has 0 aliphatic rings. The summed E-state index contributed by atoms with van der Waals surface area (Å²) in [5, 5.41) is 5.20. The van der Waals surface area contributed by atoms with Crippen LogP contribution < -0.4 is 10.6 Å². The van der Waals surface area contributed by atoms with Crippen molar-refractivity contribution in [3.63, 3.8) is 0 Å². The van der Waals surface area contributed by atoms with E-state index in [1.807, 2.05) is 31.2 Å². The molecule has 21 heavy (non-hydrogen) atoms. The highest BCUT2D eigenvalue weighted by molar-refractivity contribution is 9.10. The van der Waals surface area contributed by atoms with Gasteiger partial charge in [-0.2, -0.15) is 0 Å². The molecule has 108 valence electrons. The Labute approximate surface area is 131 Å². The Kier molecular flexibility index (Phi) is 5.11. The van der Waals surface area contributed by atoms with E-state index in [9.17, 15) is 9.59 Å². The molecule has 0 saturated heterocycles. The van der Waals surface area contributed by atoms with Gasteiger partial charge < -0.3 is 10.6 Å². The lowest BCUT2D eigenvalue weighted by atomic mass is 10.1. The van der Waals surface area contributed by atoms with Gasteiger partial charge in [0.15, 0.2) is 0 Å². The van der Waals surface area contributed by atoms with Crippen molar-refractivity contribution in [2.75, 3.05) is 10.6 Å². The SMILES string of the molecule is CCc1ccccc1NC(=O)C(=O)Nc1ccccc1Br. The minimum atomic E-state index is -0.701. The summed E-state index contributed by atoms with van der Waals surface area (Å²) in [6.07, 6.45) is 0.780. The predicted octanol–water partition coefficient (Wildman–Crippen LogP) is 3.59. The van der Waals surface area contributed by atoms with Crippen LogP contribution in [-0.4, -0.2) is 11.8 Å². The molecule has 0 spiro atoms. The highest BCUT2D eigenvalue weighted by Gasteiger charge is 2.16. The van der Waals surface area contributed by atoms with Gasteiger partial charge in [-0.25, -0.2) is 0 Å². The second-order valence-corrected chi connectivity index (χ2v) is 5.25. The standard InChI is InChI=1S/C16H15BrN2O2/c1-2-11-7-3-5-9-13(11)18-15(20)16(21)19-14-10-6-4-8-12(14)17/h3-10H,2H2,1H3,(H,18,20)(H,19,21). The second kappa shape index (κ2) is 7.04. The smallest absolute Gasteiger partial charge is 0.314 e. The molecule has 2 aromatic rings. The molecule has 2 N–H and O–H groups in total. The molecule has 5 heteroatoms. The molecule has 0 aliphatic carbocycles. The fourth-order valence-corrected chi connectivity index (χ4v) is 2.26. The van der Waals surface area contributed by atoms with E-state index in [1.54, 1.807) is 24.3 Å². The number of anilines is 2. The maximum absolute atomic E-state index is 12.0. The number of carbonyl (C=O) groups is 2. The number of halogens is 1. The molecular formula is C16H15BrN2O2. The minimum Gasteiger partial charge on any atom is -0.318 e. The highest BCUT2D eigenvalue weighted by atomic mass is 79.9. The van der Waals surface area contributed by atoms with Crippen molar-refractivity contribution in [2.45, 2.75) is 13.3 Å². The molecule has 2 aromatic carbocycles.